The topological polar surface area (TPSA) is 50.8 Å². The van der Waals surface area contributed by atoms with Crippen molar-refractivity contribution in [2.75, 3.05) is 33.9 Å². The number of benzene rings is 1. The minimum absolute atomic E-state index is 0.119. The molecule has 0 aliphatic carbocycles. The Labute approximate surface area is 165 Å². The second kappa shape index (κ2) is 8.40. The molecule has 1 atom stereocenters. The van der Waals surface area contributed by atoms with Gasteiger partial charge in [0.15, 0.2) is 11.5 Å². The van der Waals surface area contributed by atoms with Crippen LogP contribution >= 0.6 is 11.3 Å². The number of hydrogen-bond acceptors (Lipinski definition) is 5. The minimum atomic E-state index is -4.43. The normalized spacial score (nSPS) is 17.1. The zero-order valence-corrected chi connectivity index (χ0v) is 16.3. The fraction of sp³-hybridized carbons (Fsp3) is 0.421. The van der Waals surface area contributed by atoms with E-state index >= 15 is 0 Å². The van der Waals surface area contributed by atoms with Crippen LogP contribution in [0.3, 0.4) is 0 Å². The SMILES string of the molecule is COc1cc2c(cc1OC)[C@@H](c1cccs1)N(CC(=O)NCC(F)(F)F)CC2. The lowest BCUT2D eigenvalue weighted by Gasteiger charge is -2.37. The summed E-state index contributed by atoms with van der Waals surface area (Å²) in [4.78, 5) is 15.0. The first kappa shape index (κ1) is 20.5. The van der Waals surface area contributed by atoms with Gasteiger partial charge in [0.2, 0.25) is 5.91 Å². The van der Waals surface area contributed by atoms with Crippen molar-refractivity contribution in [2.45, 2.75) is 18.6 Å². The zero-order chi connectivity index (χ0) is 20.3. The number of nitrogens with zero attached hydrogens (tertiary/aromatic N) is 1. The Morgan fingerprint density at radius 3 is 2.61 bits per heavy atom. The lowest BCUT2D eigenvalue weighted by Crippen LogP contribution is -2.44. The van der Waals surface area contributed by atoms with Gasteiger partial charge in [-0.15, -0.1) is 11.3 Å². The first-order chi connectivity index (χ1) is 13.3. The number of nitrogens with one attached hydrogen (secondary N) is 1. The van der Waals surface area contributed by atoms with Gasteiger partial charge in [0.1, 0.15) is 6.54 Å². The summed E-state index contributed by atoms with van der Waals surface area (Å²) in [5.41, 5.74) is 2.04. The van der Waals surface area contributed by atoms with Crippen LogP contribution in [0.5, 0.6) is 11.5 Å². The fourth-order valence-electron chi connectivity index (χ4n) is 3.39. The molecule has 1 N–H and O–H groups in total. The molecule has 1 aliphatic rings. The fourth-order valence-corrected chi connectivity index (χ4v) is 4.26. The van der Waals surface area contributed by atoms with E-state index in [1.54, 1.807) is 14.2 Å². The Balaban J connectivity index is 1.90. The third kappa shape index (κ3) is 4.59. The second-order valence-electron chi connectivity index (χ2n) is 6.44. The Kier molecular flexibility index (Phi) is 6.14. The van der Waals surface area contributed by atoms with Gasteiger partial charge in [-0.25, -0.2) is 0 Å². The van der Waals surface area contributed by atoms with Crippen LogP contribution in [-0.4, -0.2) is 50.8 Å². The number of thiophene rings is 1. The van der Waals surface area contributed by atoms with Crippen molar-refractivity contribution >= 4 is 17.2 Å². The predicted octanol–water partition coefficient (Wildman–Crippen LogP) is 3.39. The smallest absolute Gasteiger partial charge is 0.405 e. The molecule has 5 nitrogen and oxygen atoms in total. The maximum Gasteiger partial charge on any atom is 0.405 e. The molecule has 3 rings (SSSR count). The molecule has 0 bridgehead atoms. The molecule has 0 unspecified atom stereocenters. The number of amides is 1. The van der Waals surface area contributed by atoms with Crippen molar-refractivity contribution in [1.29, 1.82) is 0 Å². The van der Waals surface area contributed by atoms with Crippen molar-refractivity contribution in [3.05, 3.63) is 45.6 Å². The Bertz CT molecular complexity index is 825. The van der Waals surface area contributed by atoms with E-state index in [0.29, 0.717) is 24.5 Å². The van der Waals surface area contributed by atoms with E-state index < -0.39 is 18.6 Å². The summed E-state index contributed by atoms with van der Waals surface area (Å²) in [5, 5.41) is 3.89. The van der Waals surface area contributed by atoms with Gasteiger partial charge in [0.05, 0.1) is 26.8 Å². The van der Waals surface area contributed by atoms with Crippen molar-refractivity contribution in [1.82, 2.24) is 10.2 Å². The number of rotatable bonds is 6. The van der Waals surface area contributed by atoms with E-state index in [1.165, 1.54) is 11.3 Å². The van der Waals surface area contributed by atoms with E-state index in [2.05, 4.69) is 0 Å². The molecule has 152 valence electrons. The monoisotopic (exact) mass is 414 g/mol. The molecular formula is C19H21F3N2O3S. The van der Waals surface area contributed by atoms with Crippen LogP contribution in [0.15, 0.2) is 29.6 Å². The number of hydrogen-bond donors (Lipinski definition) is 1. The zero-order valence-electron chi connectivity index (χ0n) is 15.5. The van der Waals surface area contributed by atoms with Gasteiger partial charge < -0.3 is 14.8 Å². The van der Waals surface area contributed by atoms with Crippen molar-refractivity contribution in [3.8, 4) is 11.5 Å². The highest BCUT2D eigenvalue weighted by molar-refractivity contribution is 7.10. The lowest BCUT2D eigenvalue weighted by atomic mass is 9.91. The van der Waals surface area contributed by atoms with Crippen LogP contribution in [0.4, 0.5) is 13.2 Å². The molecule has 1 amide bonds. The number of carbonyl (C=O) groups excluding carboxylic acids is 1. The molecule has 0 saturated heterocycles. The second-order valence-corrected chi connectivity index (χ2v) is 7.42. The van der Waals surface area contributed by atoms with Gasteiger partial charge in [0, 0.05) is 11.4 Å². The van der Waals surface area contributed by atoms with E-state index in [0.717, 1.165) is 16.0 Å². The standard InChI is InChI=1S/C19H21F3N2O3S/c1-26-14-8-12-5-6-24(10-17(25)23-11-19(20,21)22)18(16-4-3-7-28-16)13(12)9-15(14)27-2/h3-4,7-9,18H,5-6,10-11H2,1-2H3,(H,23,25)/t18-/m0/s1. The maximum absolute atomic E-state index is 12.4. The number of alkyl halides is 3. The number of fused-ring (bicyclic) bond motifs is 1. The van der Waals surface area contributed by atoms with Crippen LogP contribution in [0.25, 0.3) is 0 Å². The molecule has 1 aromatic heterocycles. The first-order valence-electron chi connectivity index (χ1n) is 8.68. The molecule has 2 heterocycles. The van der Waals surface area contributed by atoms with Gasteiger partial charge >= 0.3 is 6.18 Å². The van der Waals surface area contributed by atoms with Crippen LogP contribution in [0, 0.1) is 0 Å². The summed E-state index contributed by atoms with van der Waals surface area (Å²) >= 11 is 1.54. The Morgan fingerprint density at radius 2 is 2.00 bits per heavy atom. The molecule has 0 saturated carbocycles. The maximum atomic E-state index is 12.4. The van der Waals surface area contributed by atoms with Gasteiger partial charge in [-0.05, 0) is 41.1 Å². The molecule has 1 aliphatic heterocycles. The lowest BCUT2D eigenvalue weighted by molar-refractivity contribution is -0.139. The number of carbonyl (C=O) groups is 1. The molecule has 0 radical (unpaired) electrons. The van der Waals surface area contributed by atoms with Crippen molar-refractivity contribution in [3.63, 3.8) is 0 Å². The summed E-state index contributed by atoms with van der Waals surface area (Å²) < 4.78 is 48.0. The number of halogens is 3. The summed E-state index contributed by atoms with van der Waals surface area (Å²) in [5.74, 6) is 0.552. The van der Waals surface area contributed by atoms with Gasteiger partial charge in [-0.1, -0.05) is 6.07 Å². The molecule has 9 heteroatoms. The summed E-state index contributed by atoms with van der Waals surface area (Å²) in [6, 6.07) is 7.45. The molecule has 0 fully saturated rings. The summed E-state index contributed by atoms with van der Waals surface area (Å²) in [6.07, 6.45) is -3.77. The highest BCUT2D eigenvalue weighted by Crippen LogP contribution is 2.42. The predicted molar refractivity (Wildman–Crippen MR) is 100 cm³/mol. The third-order valence-electron chi connectivity index (χ3n) is 4.62. The van der Waals surface area contributed by atoms with Crippen LogP contribution in [0.2, 0.25) is 0 Å². The molecular weight excluding hydrogens is 393 g/mol. The average molecular weight is 414 g/mol. The highest BCUT2D eigenvalue weighted by Gasteiger charge is 2.33. The number of ether oxygens (including phenoxy) is 2. The summed E-state index contributed by atoms with van der Waals surface area (Å²) in [7, 11) is 3.12. The van der Waals surface area contributed by atoms with Crippen molar-refractivity contribution in [2.24, 2.45) is 0 Å². The van der Waals surface area contributed by atoms with E-state index in [4.69, 9.17) is 9.47 Å². The van der Waals surface area contributed by atoms with E-state index in [9.17, 15) is 18.0 Å². The van der Waals surface area contributed by atoms with Gasteiger partial charge in [-0.3, -0.25) is 9.69 Å². The molecule has 2 aromatic rings. The van der Waals surface area contributed by atoms with Crippen LogP contribution in [-0.2, 0) is 11.2 Å². The quantitative estimate of drug-likeness (QED) is 0.787. The van der Waals surface area contributed by atoms with Gasteiger partial charge in [-0.2, -0.15) is 13.2 Å². The average Bonchev–Trinajstić information content (AvgIpc) is 3.18. The molecule has 1 aromatic carbocycles. The number of methoxy groups -OCH3 is 2. The molecule has 28 heavy (non-hydrogen) atoms. The highest BCUT2D eigenvalue weighted by atomic mass is 32.1. The minimum Gasteiger partial charge on any atom is -0.493 e. The van der Waals surface area contributed by atoms with Gasteiger partial charge in [0.25, 0.3) is 0 Å². The summed E-state index contributed by atoms with van der Waals surface area (Å²) in [6.45, 7) is -0.901. The van der Waals surface area contributed by atoms with Crippen molar-refractivity contribution < 1.29 is 27.4 Å². The first-order valence-corrected chi connectivity index (χ1v) is 9.56. The third-order valence-corrected chi connectivity index (χ3v) is 5.54. The van der Waals surface area contributed by atoms with E-state index in [-0.39, 0.29) is 12.6 Å². The Hall–Kier alpha value is -2.26. The largest absolute Gasteiger partial charge is 0.493 e. The Morgan fingerprint density at radius 1 is 1.29 bits per heavy atom. The van der Waals surface area contributed by atoms with E-state index in [1.807, 2.05) is 39.9 Å². The molecule has 0 spiro atoms. The van der Waals surface area contributed by atoms with Crippen LogP contribution in [0.1, 0.15) is 22.0 Å². The van der Waals surface area contributed by atoms with Crippen LogP contribution < -0.4 is 14.8 Å².